The lowest BCUT2D eigenvalue weighted by molar-refractivity contribution is 0.451. The zero-order valence-electron chi connectivity index (χ0n) is 16.0. The molecule has 0 amide bonds. The van der Waals surface area contributed by atoms with Crippen molar-refractivity contribution in [2.24, 2.45) is 0 Å². The van der Waals surface area contributed by atoms with Crippen molar-refractivity contribution >= 4 is 20.9 Å². The lowest BCUT2D eigenvalue weighted by atomic mass is 9.96. The molecule has 2 aromatic carbocycles. The number of aromatic amines is 1. The molecule has 1 aromatic heterocycles. The van der Waals surface area contributed by atoms with Crippen molar-refractivity contribution in [2.75, 3.05) is 0 Å². The molecule has 0 atom stereocenters. The first-order chi connectivity index (χ1) is 12.1. The fourth-order valence-electron chi connectivity index (χ4n) is 3.80. The summed E-state index contributed by atoms with van der Waals surface area (Å²) in [5.41, 5.74) is 4.16. The van der Waals surface area contributed by atoms with Gasteiger partial charge in [-0.1, -0.05) is 35.9 Å². The van der Waals surface area contributed by atoms with E-state index in [-0.39, 0.29) is 0 Å². The Kier molecular flexibility index (Phi) is 4.71. The van der Waals surface area contributed by atoms with Gasteiger partial charge in [0.15, 0.2) is 0 Å². The lowest BCUT2D eigenvalue weighted by Gasteiger charge is -2.27. The molecule has 5 heteroatoms. The van der Waals surface area contributed by atoms with E-state index in [1.807, 2.05) is 71.1 Å². The van der Waals surface area contributed by atoms with Crippen LogP contribution in [0.2, 0.25) is 0 Å². The van der Waals surface area contributed by atoms with E-state index in [1.54, 1.807) is 0 Å². The van der Waals surface area contributed by atoms with Gasteiger partial charge in [-0.05, 0) is 63.8 Å². The molecule has 0 unspecified atom stereocenters. The van der Waals surface area contributed by atoms with Crippen molar-refractivity contribution in [3.63, 3.8) is 0 Å². The van der Waals surface area contributed by atoms with E-state index in [1.165, 1.54) is 0 Å². The predicted molar refractivity (Wildman–Crippen MR) is 107 cm³/mol. The quantitative estimate of drug-likeness (QED) is 0.699. The Labute approximate surface area is 155 Å². The SMILES string of the molecule is Cc1cc(C)c(S(=O)(=O)NC(C)(C)Cc2c[nH]c3ccccc23)c(C)c1. The van der Waals surface area contributed by atoms with Crippen LogP contribution >= 0.6 is 0 Å². The Morgan fingerprint density at radius 2 is 1.65 bits per heavy atom. The third-order valence-corrected chi connectivity index (χ3v) is 6.59. The molecule has 0 aliphatic carbocycles. The lowest BCUT2D eigenvalue weighted by Crippen LogP contribution is -2.45. The molecule has 0 aliphatic heterocycles. The van der Waals surface area contributed by atoms with Crippen LogP contribution in [0.1, 0.15) is 36.1 Å². The van der Waals surface area contributed by atoms with Gasteiger partial charge < -0.3 is 4.98 Å². The Morgan fingerprint density at radius 3 is 2.31 bits per heavy atom. The summed E-state index contributed by atoms with van der Waals surface area (Å²) in [6, 6.07) is 11.9. The molecular formula is C21H26N2O2S. The first-order valence-electron chi connectivity index (χ1n) is 8.76. The van der Waals surface area contributed by atoms with Crippen molar-refractivity contribution in [3.05, 3.63) is 64.8 Å². The van der Waals surface area contributed by atoms with Crippen LogP contribution in [0, 0.1) is 20.8 Å². The van der Waals surface area contributed by atoms with Crippen LogP contribution in [-0.2, 0) is 16.4 Å². The van der Waals surface area contributed by atoms with Gasteiger partial charge in [0.25, 0.3) is 0 Å². The highest BCUT2D eigenvalue weighted by molar-refractivity contribution is 7.89. The van der Waals surface area contributed by atoms with Crippen LogP contribution < -0.4 is 4.72 Å². The third-order valence-electron chi connectivity index (χ3n) is 4.59. The molecule has 4 nitrogen and oxygen atoms in total. The molecule has 0 fully saturated rings. The summed E-state index contributed by atoms with van der Waals surface area (Å²) in [5.74, 6) is 0. The minimum atomic E-state index is -3.61. The van der Waals surface area contributed by atoms with E-state index in [2.05, 4.69) is 15.8 Å². The number of fused-ring (bicyclic) bond motifs is 1. The van der Waals surface area contributed by atoms with Gasteiger partial charge in [-0.2, -0.15) is 0 Å². The average molecular weight is 371 g/mol. The first-order valence-corrected chi connectivity index (χ1v) is 10.2. The number of para-hydroxylation sites is 1. The van der Waals surface area contributed by atoms with Crippen LogP contribution in [0.5, 0.6) is 0 Å². The van der Waals surface area contributed by atoms with E-state index in [9.17, 15) is 8.42 Å². The number of hydrogen-bond donors (Lipinski definition) is 2. The van der Waals surface area contributed by atoms with E-state index >= 15 is 0 Å². The summed E-state index contributed by atoms with van der Waals surface area (Å²) in [4.78, 5) is 3.64. The van der Waals surface area contributed by atoms with Crippen LogP contribution in [0.15, 0.2) is 47.5 Å². The second-order valence-electron chi connectivity index (χ2n) is 7.75. The van der Waals surface area contributed by atoms with Crippen molar-refractivity contribution in [2.45, 2.75) is 51.5 Å². The van der Waals surface area contributed by atoms with Crippen LogP contribution in [0.3, 0.4) is 0 Å². The second-order valence-corrected chi connectivity index (χ2v) is 9.37. The molecule has 3 aromatic rings. The van der Waals surface area contributed by atoms with Crippen LogP contribution in [-0.4, -0.2) is 18.9 Å². The molecule has 1 heterocycles. The highest BCUT2D eigenvalue weighted by Crippen LogP contribution is 2.26. The monoisotopic (exact) mass is 370 g/mol. The summed E-state index contributed by atoms with van der Waals surface area (Å²) in [6.07, 6.45) is 2.56. The molecule has 0 saturated heterocycles. The minimum Gasteiger partial charge on any atom is -0.361 e. The maximum atomic E-state index is 13.1. The topological polar surface area (TPSA) is 62.0 Å². The zero-order valence-corrected chi connectivity index (χ0v) is 16.8. The number of sulfonamides is 1. The largest absolute Gasteiger partial charge is 0.361 e. The number of aromatic nitrogens is 1. The Morgan fingerprint density at radius 1 is 1.04 bits per heavy atom. The fourth-order valence-corrected chi connectivity index (χ4v) is 5.66. The van der Waals surface area contributed by atoms with Crippen molar-refractivity contribution < 1.29 is 8.42 Å². The summed E-state index contributed by atoms with van der Waals surface area (Å²) >= 11 is 0. The number of rotatable bonds is 5. The van der Waals surface area contributed by atoms with Crippen molar-refractivity contribution in [1.29, 1.82) is 0 Å². The van der Waals surface area contributed by atoms with Crippen LogP contribution in [0.25, 0.3) is 10.9 Å². The molecular weight excluding hydrogens is 344 g/mol. The summed E-state index contributed by atoms with van der Waals surface area (Å²) < 4.78 is 29.1. The highest BCUT2D eigenvalue weighted by atomic mass is 32.2. The van der Waals surface area contributed by atoms with E-state index < -0.39 is 15.6 Å². The maximum Gasteiger partial charge on any atom is 0.241 e. The first kappa shape index (κ1) is 18.7. The van der Waals surface area contributed by atoms with Gasteiger partial charge >= 0.3 is 0 Å². The molecule has 0 radical (unpaired) electrons. The Hall–Kier alpha value is -2.11. The highest BCUT2D eigenvalue weighted by Gasteiger charge is 2.29. The second kappa shape index (κ2) is 6.56. The molecule has 0 spiro atoms. The van der Waals surface area contributed by atoms with Gasteiger partial charge in [-0.25, -0.2) is 13.1 Å². The minimum absolute atomic E-state index is 0.384. The molecule has 0 bridgehead atoms. The molecule has 2 N–H and O–H groups in total. The van der Waals surface area contributed by atoms with Gasteiger partial charge in [0.05, 0.1) is 4.90 Å². The smallest absolute Gasteiger partial charge is 0.241 e. The summed E-state index contributed by atoms with van der Waals surface area (Å²) in [6.45, 7) is 9.52. The molecule has 3 rings (SSSR count). The van der Waals surface area contributed by atoms with Gasteiger partial charge in [0.1, 0.15) is 0 Å². The normalized spacial score (nSPS) is 12.7. The summed E-state index contributed by atoms with van der Waals surface area (Å²) in [5, 5.41) is 1.13. The van der Waals surface area contributed by atoms with Crippen molar-refractivity contribution in [1.82, 2.24) is 9.71 Å². The van der Waals surface area contributed by atoms with E-state index in [0.717, 1.165) is 33.2 Å². The standard InChI is InChI=1S/C21H26N2O2S/c1-14-10-15(2)20(16(3)11-14)26(24,25)23-21(4,5)12-17-13-22-19-9-7-6-8-18(17)19/h6-11,13,22-23H,12H2,1-5H3. The van der Waals surface area contributed by atoms with Gasteiger partial charge in [-0.15, -0.1) is 0 Å². The van der Waals surface area contributed by atoms with E-state index in [4.69, 9.17) is 0 Å². The number of H-pyrrole nitrogens is 1. The average Bonchev–Trinajstić information content (AvgIpc) is 2.87. The predicted octanol–water partition coefficient (Wildman–Crippen LogP) is 4.39. The number of benzene rings is 2. The zero-order chi connectivity index (χ0) is 19.1. The Bertz CT molecular complexity index is 1040. The van der Waals surface area contributed by atoms with Crippen LogP contribution in [0.4, 0.5) is 0 Å². The third kappa shape index (κ3) is 3.69. The molecule has 0 saturated carbocycles. The molecule has 0 aliphatic rings. The fraction of sp³-hybridized carbons (Fsp3) is 0.333. The number of hydrogen-bond acceptors (Lipinski definition) is 2. The van der Waals surface area contributed by atoms with Gasteiger partial charge in [0.2, 0.25) is 10.0 Å². The Balaban J connectivity index is 1.91. The number of nitrogens with one attached hydrogen (secondary N) is 2. The summed E-state index contributed by atoms with van der Waals surface area (Å²) in [7, 11) is -3.61. The van der Waals surface area contributed by atoms with Gasteiger partial charge in [0, 0.05) is 22.6 Å². The molecule has 138 valence electrons. The maximum absolute atomic E-state index is 13.1. The van der Waals surface area contributed by atoms with Crippen molar-refractivity contribution in [3.8, 4) is 0 Å². The van der Waals surface area contributed by atoms with E-state index in [0.29, 0.717) is 11.3 Å². The van der Waals surface area contributed by atoms with Gasteiger partial charge in [-0.3, -0.25) is 0 Å². The number of aryl methyl sites for hydroxylation is 3. The molecule has 26 heavy (non-hydrogen) atoms.